The number of halogens is 1. The van der Waals surface area contributed by atoms with Crippen molar-refractivity contribution in [1.82, 2.24) is 45.8 Å². The number of ether oxygens (including phenoxy) is 6. The molecule has 0 unspecified atom stereocenters. The molecular weight excluding hydrogens is 1670 g/mol. The van der Waals surface area contributed by atoms with E-state index in [0.717, 1.165) is 86.6 Å². The number of nitrogens with one attached hydrogen (secondary N) is 6. The summed E-state index contributed by atoms with van der Waals surface area (Å²) in [5.41, 5.74) is -1.26. The van der Waals surface area contributed by atoms with Crippen molar-refractivity contribution in [2.24, 2.45) is 27.8 Å². The molecule has 2 aliphatic heterocycles. The summed E-state index contributed by atoms with van der Waals surface area (Å²) < 4.78 is 122. The number of benzene rings is 3. The van der Waals surface area contributed by atoms with Crippen LogP contribution in [0.3, 0.4) is 0 Å². The van der Waals surface area contributed by atoms with E-state index in [1.165, 1.54) is 41.2 Å². The van der Waals surface area contributed by atoms with E-state index in [9.17, 15) is 68.4 Å². The summed E-state index contributed by atoms with van der Waals surface area (Å²) >= 11 is 3.27. The van der Waals surface area contributed by atoms with E-state index in [2.05, 4.69) is 69.6 Å². The third kappa shape index (κ3) is 23.2. The van der Waals surface area contributed by atoms with Gasteiger partial charge >= 0.3 is 38.8 Å². The number of methoxy groups -OCH3 is 3. The first-order chi connectivity index (χ1) is 56.0. The summed E-state index contributed by atoms with van der Waals surface area (Å²) in [6.07, 6.45) is 11.7. The van der Waals surface area contributed by atoms with Crippen LogP contribution in [0.1, 0.15) is 155 Å². The fourth-order valence-electron chi connectivity index (χ4n) is 15.0. The van der Waals surface area contributed by atoms with Gasteiger partial charge in [-0.25, -0.2) is 24.2 Å². The Hall–Kier alpha value is -9.31. The minimum absolute atomic E-state index is 0.0272. The van der Waals surface area contributed by atoms with Gasteiger partial charge in [0.15, 0.2) is 5.43 Å². The molecule has 8 fully saturated rings. The van der Waals surface area contributed by atoms with Crippen LogP contribution < -0.4 is 50.8 Å². The van der Waals surface area contributed by atoms with Gasteiger partial charge in [-0.05, 0) is 169 Å². The van der Waals surface area contributed by atoms with Crippen molar-refractivity contribution in [3.8, 4) is 17.2 Å². The molecule has 38 heteroatoms. The molecule has 0 bridgehead atoms. The smallest absolute Gasteiger partial charge is 0.408 e. The Bertz CT molecular complexity index is 5060. The number of esters is 1. The highest BCUT2D eigenvalue weighted by atomic mass is 79.9. The Morgan fingerprint density at radius 3 is 1.55 bits per heavy atom. The Labute approximate surface area is 700 Å². The molecule has 6 saturated carbocycles. The van der Waals surface area contributed by atoms with E-state index in [0.29, 0.717) is 45.1 Å². The number of H-pyrrole nitrogens is 1. The number of carbonyl (C=O) groups is 8. The van der Waals surface area contributed by atoms with Crippen LogP contribution in [-0.4, -0.2) is 199 Å². The third-order valence-electron chi connectivity index (χ3n) is 22.0. The van der Waals surface area contributed by atoms with Crippen LogP contribution >= 0.6 is 15.9 Å². The third-order valence-corrected chi connectivity index (χ3v) is 25.4. The fraction of sp³-hybridized carbons (Fsp3) is 0.556. The number of nitrogens with two attached hydrogens (primary N) is 1. The number of hydrogen-bond donors (Lipinski definition) is 7. The number of aryl methyl sites for hydroxylation is 2. The van der Waals surface area contributed by atoms with Crippen molar-refractivity contribution in [2.75, 3.05) is 34.4 Å². The van der Waals surface area contributed by atoms with Crippen molar-refractivity contribution in [1.29, 1.82) is 0 Å². The van der Waals surface area contributed by atoms with Crippen LogP contribution in [0, 0.1) is 36.5 Å². The number of likely N-dealkylation sites (tertiary alicyclic amines) is 2. The standard InChI is InChI=1S/C37H49N5O10S.C30H40BrN3O9S.C11H11NO2.C3H7NO3S/c1-7-22-19-37(22,34(45)41-53(47,48)52-24-12-13-24)40-32(43)27-18-25(50-29-16-17-38-30-21(2)28(49-6)15-14-26(29)30)20-42(27)33(44)31(36(3,4)5)39-35(46)51-23-10-8-9-11-23;1-6-18-16-30(18,27(37)41-5)33-25(35)23-15-21(43-44(39,40)22-13-11-19(31)12-14-22)17-34(23)26(36)24(29(2,3)4)32-28(38)42-20-9-7-8-10-20;1-7-10(14-2)4-3-8-9(13)5-6-12-11(7)8;4-8(5,6)7-3-1-2-3/h7,14-17,22-25,27,31H,1,8-13,18-20H2,2-6H3,(H,39,46)(H,40,43)(H,41,45);6,11-14,18,20-21,23-24H,1,7-10,15-17H2,2-5H3,(H,32,38)(H,33,35);3-6H,1-2H3,(H,12,13);3H,1-2H2,(H2,4,5,6)/t22-,25-,27+,31-,37-;18-,21+,23+,24-,30-;;/m11../s1. The lowest BCUT2D eigenvalue weighted by atomic mass is 9.85. The molecule has 650 valence electrons. The zero-order chi connectivity index (χ0) is 87.1. The monoisotopic (exact) mass is 1780 g/mol. The molecule has 2 saturated heterocycles. The number of fused-ring (bicyclic) bond motifs is 2. The lowest BCUT2D eigenvalue weighted by Gasteiger charge is -2.35. The first-order valence-electron chi connectivity index (χ1n) is 39.4. The Morgan fingerprint density at radius 1 is 0.597 bits per heavy atom. The van der Waals surface area contributed by atoms with E-state index in [1.807, 2.05) is 36.8 Å². The normalized spacial score (nSPS) is 23.4. The first-order valence-corrected chi connectivity index (χ1v) is 44.5. The van der Waals surface area contributed by atoms with E-state index >= 15 is 0 Å². The Kier molecular flexibility index (Phi) is 29.2. The summed E-state index contributed by atoms with van der Waals surface area (Å²) in [5.74, 6) is -3.15. The molecule has 5 aromatic rings. The second-order valence-corrected chi connectivity index (χ2v) is 38.1. The van der Waals surface area contributed by atoms with Crippen LogP contribution in [0.2, 0.25) is 0 Å². The number of amides is 7. The second-order valence-electron chi connectivity index (χ2n) is 33.1. The van der Waals surface area contributed by atoms with Crippen molar-refractivity contribution >= 4 is 116 Å². The fourth-order valence-corrected chi connectivity index (χ4v) is 17.9. The summed E-state index contributed by atoms with van der Waals surface area (Å²) in [4.78, 5) is 130. The predicted molar refractivity (Wildman–Crippen MR) is 439 cm³/mol. The van der Waals surface area contributed by atoms with Crippen molar-refractivity contribution in [3.05, 3.63) is 124 Å². The number of rotatable bonds is 26. The maximum absolute atomic E-state index is 14.5. The average Bonchev–Trinajstić information content (AvgIpc) is 1.62. The second kappa shape index (κ2) is 37.8. The minimum Gasteiger partial charge on any atom is -0.496 e. The molecule has 13 rings (SSSR count). The lowest BCUT2D eigenvalue weighted by molar-refractivity contribution is -0.148. The molecule has 119 heavy (non-hydrogen) atoms. The van der Waals surface area contributed by atoms with Gasteiger partial charge in [0.1, 0.15) is 70.8 Å². The van der Waals surface area contributed by atoms with Gasteiger partial charge in [-0.1, -0.05) is 69.6 Å². The quantitative estimate of drug-likeness (QED) is 0.0118. The van der Waals surface area contributed by atoms with Gasteiger partial charge < -0.3 is 64.5 Å². The average molecular weight is 1780 g/mol. The van der Waals surface area contributed by atoms with E-state index < -0.39 is 149 Å². The number of carbonyl (C=O) groups excluding carboxylic acids is 8. The Balaban J connectivity index is 0.000000200. The maximum Gasteiger partial charge on any atom is 0.408 e. The molecule has 3 aromatic carbocycles. The van der Waals surface area contributed by atoms with Crippen molar-refractivity contribution < 1.29 is 105 Å². The Morgan fingerprint density at radius 2 is 1.08 bits per heavy atom. The summed E-state index contributed by atoms with van der Waals surface area (Å²) in [6, 6.07) is 11.7. The number of nitrogens with zero attached hydrogens (tertiary/aromatic N) is 3. The molecule has 34 nitrogen and oxygen atoms in total. The van der Waals surface area contributed by atoms with Crippen LogP contribution in [0.15, 0.2) is 113 Å². The molecule has 2 aromatic heterocycles. The molecule has 6 aliphatic carbocycles. The predicted octanol–water partition coefficient (Wildman–Crippen LogP) is 8.24. The summed E-state index contributed by atoms with van der Waals surface area (Å²) in [6.45, 7) is 21.7. The molecular formula is C81H107BrN10O24S3. The molecule has 4 heterocycles. The zero-order valence-electron chi connectivity index (χ0n) is 68.5. The minimum atomic E-state index is -4.42. The largest absolute Gasteiger partial charge is 0.496 e. The van der Waals surface area contributed by atoms with Gasteiger partial charge in [-0.15, -0.1) is 13.2 Å². The molecule has 0 spiro atoms. The van der Waals surface area contributed by atoms with Crippen LogP contribution in [0.4, 0.5) is 9.59 Å². The van der Waals surface area contributed by atoms with Gasteiger partial charge in [0.25, 0.3) is 16.0 Å². The topological polar surface area (TPSA) is 460 Å². The number of aromatic amines is 1. The van der Waals surface area contributed by atoms with Gasteiger partial charge in [0, 0.05) is 76.1 Å². The van der Waals surface area contributed by atoms with Gasteiger partial charge in [0.2, 0.25) is 23.6 Å². The highest BCUT2D eigenvalue weighted by Gasteiger charge is 2.64. The van der Waals surface area contributed by atoms with E-state index in [4.69, 9.17) is 36.8 Å². The van der Waals surface area contributed by atoms with Gasteiger partial charge in [0.05, 0.1) is 62.1 Å². The number of alkyl carbamates (subject to hydrolysis) is 2. The molecule has 7 amide bonds. The van der Waals surface area contributed by atoms with Gasteiger partial charge in [-0.3, -0.25) is 46.3 Å². The summed E-state index contributed by atoms with van der Waals surface area (Å²) in [7, 11) is -7.94. The summed E-state index contributed by atoms with van der Waals surface area (Å²) in [5, 5.41) is 16.9. The van der Waals surface area contributed by atoms with Gasteiger partial charge in [-0.2, -0.15) is 25.3 Å². The van der Waals surface area contributed by atoms with Crippen LogP contribution in [0.5, 0.6) is 17.2 Å². The van der Waals surface area contributed by atoms with E-state index in [-0.39, 0.29) is 73.3 Å². The maximum atomic E-state index is 14.5. The SMILES string of the molecule is C=C[C@@H]1C[C@]1(NC(=O)[C@@H]1C[C@@H](Oc2ccnc3c(C)c(OC)ccc23)CN1C(=O)[C@@H](NC(=O)OC1CCCC1)C(C)(C)C)C(=O)NS(=O)(=O)OC1CC1.C=C[C@@H]1C[C@]1(NC(=O)[C@@H]1C[C@H](OS(=O)(=O)c2ccc(Br)cc2)CN1C(=O)[C@@H](NC(=O)OC1CCCC1)C(C)(C)C)C(=O)OC.COc1ccc2c(=O)cc[nH]c2c1C.NS(=O)(=O)OC1CC1. The highest BCUT2D eigenvalue weighted by molar-refractivity contribution is 9.10. The zero-order valence-corrected chi connectivity index (χ0v) is 72.5. The molecule has 8 aliphatic rings. The van der Waals surface area contributed by atoms with Crippen molar-refractivity contribution in [3.63, 3.8) is 0 Å². The van der Waals surface area contributed by atoms with E-state index in [1.54, 1.807) is 98.5 Å². The van der Waals surface area contributed by atoms with Crippen molar-refractivity contribution in [2.45, 2.75) is 235 Å². The molecule has 8 N–H and O–H groups in total. The lowest BCUT2D eigenvalue weighted by Crippen LogP contribution is -2.60. The number of aromatic nitrogens is 2. The molecule has 0 radical (unpaired) electrons. The van der Waals surface area contributed by atoms with Crippen LogP contribution in [-0.2, 0) is 86.3 Å². The molecule has 10 atom stereocenters. The first kappa shape index (κ1) is 92.0. The number of hydrogen-bond acceptors (Lipinski definition) is 25. The van der Waals surface area contributed by atoms with Crippen LogP contribution in [0.25, 0.3) is 21.8 Å². The number of pyridine rings is 2. The highest BCUT2D eigenvalue weighted by Crippen LogP contribution is 2.47.